The van der Waals surface area contributed by atoms with Crippen molar-refractivity contribution in [3.8, 4) is 0 Å². The van der Waals surface area contributed by atoms with Crippen LogP contribution in [0.15, 0.2) is 24.3 Å². The second kappa shape index (κ2) is 14.3. The van der Waals surface area contributed by atoms with Crippen LogP contribution in [0.25, 0.3) is 0 Å². The second-order valence-electron chi connectivity index (χ2n) is 12.6. The zero-order chi connectivity index (χ0) is 30.5. The molecule has 4 heterocycles. The number of hydrogen-bond acceptors (Lipinski definition) is 7. The number of anilines is 1. The molecule has 3 aliphatic heterocycles. The van der Waals surface area contributed by atoms with Gasteiger partial charge in [-0.15, -0.1) is 0 Å². The summed E-state index contributed by atoms with van der Waals surface area (Å²) in [5.74, 6) is 0.718. The zero-order valence-corrected chi connectivity index (χ0v) is 26.4. The highest BCUT2D eigenvalue weighted by molar-refractivity contribution is 7.17. The first kappa shape index (κ1) is 31.5. The number of rotatable bonds is 8. The molecule has 3 fully saturated rings. The van der Waals surface area contributed by atoms with Crippen LogP contribution in [0.3, 0.4) is 0 Å². The molecule has 5 rings (SSSR count). The summed E-state index contributed by atoms with van der Waals surface area (Å²) >= 11 is 1.21. The summed E-state index contributed by atoms with van der Waals surface area (Å²) < 4.78 is 13.4. The van der Waals surface area contributed by atoms with E-state index in [4.69, 9.17) is 0 Å². The van der Waals surface area contributed by atoms with Gasteiger partial charge in [-0.05, 0) is 88.1 Å². The molecule has 0 bridgehead atoms. The van der Waals surface area contributed by atoms with Gasteiger partial charge in [0.1, 0.15) is 5.82 Å². The third-order valence-corrected chi connectivity index (χ3v) is 10.6. The van der Waals surface area contributed by atoms with Gasteiger partial charge in [-0.2, -0.15) is 0 Å². The molecule has 2 N–H and O–H groups in total. The molecule has 0 radical (unpaired) electrons. The average molecular weight is 613 g/mol. The third-order valence-electron chi connectivity index (χ3n) is 9.40. The van der Waals surface area contributed by atoms with Crippen molar-refractivity contribution in [1.29, 1.82) is 0 Å². The third kappa shape index (κ3) is 8.39. The molecule has 0 aliphatic carbocycles. The molecule has 1 aromatic heterocycles. The molecule has 0 unspecified atom stereocenters. The molecule has 3 saturated heterocycles. The van der Waals surface area contributed by atoms with Gasteiger partial charge in [-0.25, -0.2) is 14.2 Å². The minimum Gasteiger partial charge on any atom is -0.343 e. The maximum absolute atomic E-state index is 13.4. The van der Waals surface area contributed by atoms with E-state index in [1.165, 1.54) is 30.2 Å². The maximum atomic E-state index is 13.4. The summed E-state index contributed by atoms with van der Waals surface area (Å²) in [4.78, 5) is 48.9. The molecule has 3 atom stereocenters. The number of piperidine rings is 3. The first-order valence-corrected chi connectivity index (χ1v) is 16.5. The van der Waals surface area contributed by atoms with Crippen LogP contribution in [-0.2, 0) is 11.2 Å². The fourth-order valence-electron chi connectivity index (χ4n) is 7.13. The van der Waals surface area contributed by atoms with E-state index in [0.29, 0.717) is 33.6 Å². The molecular weight excluding hydrogens is 567 g/mol. The number of halogens is 1. The lowest BCUT2D eigenvalue weighted by atomic mass is 9.86. The lowest BCUT2D eigenvalue weighted by Crippen LogP contribution is -2.59. The van der Waals surface area contributed by atoms with Crippen LogP contribution in [0.5, 0.6) is 0 Å². The summed E-state index contributed by atoms with van der Waals surface area (Å²) in [5, 5.41) is 6.59. The van der Waals surface area contributed by atoms with Gasteiger partial charge in [0.2, 0.25) is 5.91 Å². The first-order valence-electron chi connectivity index (χ1n) is 15.7. The lowest BCUT2D eigenvalue weighted by molar-refractivity contribution is -0.130. The van der Waals surface area contributed by atoms with Crippen molar-refractivity contribution in [3.63, 3.8) is 0 Å². The molecule has 2 aromatic rings. The number of aryl methyl sites for hydroxylation is 1. The smallest absolute Gasteiger partial charge is 0.321 e. The molecule has 9 nitrogen and oxygen atoms in total. The normalized spacial score (nSPS) is 24.1. The maximum Gasteiger partial charge on any atom is 0.321 e. The monoisotopic (exact) mass is 612 g/mol. The highest BCUT2D eigenvalue weighted by Gasteiger charge is 2.36. The van der Waals surface area contributed by atoms with Gasteiger partial charge in [0.15, 0.2) is 10.9 Å². The Morgan fingerprint density at radius 1 is 1.00 bits per heavy atom. The minimum atomic E-state index is -0.292. The Labute approximate surface area is 258 Å². The van der Waals surface area contributed by atoms with Crippen LogP contribution in [0.1, 0.15) is 66.9 Å². The van der Waals surface area contributed by atoms with Crippen molar-refractivity contribution >= 4 is 34.2 Å². The molecule has 3 aliphatic rings. The van der Waals surface area contributed by atoms with Crippen molar-refractivity contribution in [2.24, 2.45) is 11.8 Å². The van der Waals surface area contributed by atoms with Crippen LogP contribution >= 0.6 is 11.3 Å². The number of nitrogens with one attached hydrogen (secondary N) is 2. The van der Waals surface area contributed by atoms with E-state index >= 15 is 0 Å². The number of thiazole rings is 1. The number of hydrogen-bond donors (Lipinski definition) is 2. The van der Waals surface area contributed by atoms with Gasteiger partial charge < -0.3 is 15.1 Å². The summed E-state index contributed by atoms with van der Waals surface area (Å²) in [7, 11) is 0. The quantitative estimate of drug-likeness (QED) is 0.424. The van der Waals surface area contributed by atoms with E-state index in [-0.39, 0.29) is 29.6 Å². The molecule has 43 heavy (non-hydrogen) atoms. The van der Waals surface area contributed by atoms with Gasteiger partial charge in [0, 0.05) is 58.7 Å². The van der Waals surface area contributed by atoms with Crippen LogP contribution in [0.4, 0.5) is 14.3 Å². The van der Waals surface area contributed by atoms with Crippen molar-refractivity contribution in [3.05, 3.63) is 46.2 Å². The lowest BCUT2D eigenvalue weighted by Gasteiger charge is -2.46. The van der Waals surface area contributed by atoms with Crippen LogP contribution in [-0.4, -0.2) is 95.3 Å². The number of amides is 3. The van der Waals surface area contributed by atoms with Crippen LogP contribution in [0, 0.1) is 24.6 Å². The fourth-order valence-corrected chi connectivity index (χ4v) is 7.99. The first-order chi connectivity index (χ1) is 20.6. The Morgan fingerprint density at radius 3 is 2.42 bits per heavy atom. The number of nitrogens with zero attached hydrogens (tertiary/aromatic N) is 4. The molecule has 0 saturated carbocycles. The summed E-state index contributed by atoms with van der Waals surface area (Å²) in [5.41, 5.74) is 1.81. The molecule has 11 heteroatoms. The summed E-state index contributed by atoms with van der Waals surface area (Å²) in [6.45, 7) is 11.2. The van der Waals surface area contributed by atoms with Crippen molar-refractivity contribution in [2.75, 3.05) is 51.1 Å². The Kier molecular flexibility index (Phi) is 10.5. The Hall–Kier alpha value is -2.89. The van der Waals surface area contributed by atoms with E-state index in [1.807, 2.05) is 17.0 Å². The summed E-state index contributed by atoms with van der Waals surface area (Å²) in [6, 6.07) is 6.95. The van der Waals surface area contributed by atoms with Gasteiger partial charge in [-0.1, -0.05) is 23.5 Å². The highest BCUT2D eigenvalue weighted by Crippen LogP contribution is 2.28. The number of ketones is 1. The van der Waals surface area contributed by atoms with Crippen molar-refractivity contribution in [2.45, 2.75) is 71.4 Å². The number of carbonyl (C=O) groups is 3. The summed E-state index contributed by atoms with van der Waals surface area (Å²) in [6.07, 6.45) is 6.15. The van der Waals surface area contributed by atoms with E-state index in [2.05, 4.69) is 25.4 Å². The van der Waals surface area contributed by atoms with Crippen LogP contribution in [0.2, 0.25) is 0 Å². The topological polar surface area (TPSA) is 97.9 Å². The number of aromatic nitrogens is 1. The van der Waals surface area contributed by atoms with E-state index in [0.717, 1.165) is 77.9 Å². The Balaban J connectivity index is 1.23. The SMILES string of the molecule is CC(=O)c1sc(NC(=O)N[C@H]2CN(C3CCN(C(C)=O)CC3)CC[C@H]2CN2CCC[C@@H](Cc3ccc(F)cc3)C2)nc1C. The number of Topliss-reactive ketones (excluding diaryl/α,β-unsaturated/α-hetero) is 1. The van der Waals surface area contributed by atoms with E-state index < -0.39 is 0 Å². The molecular formula is C32H45FN6O3S. The molecule has 1 aromatic carbocycles. The number of carbonyl (C=O) groups excluding carboxylic acids is 3. The van der Waals surface area contributed by atoms with Gasteiger partial charge in [-0.3, -0.25) is 19.8 Å². The standard InChI is InChI=1S/C32H45FN6O3S/c1-21-30(22(2)40)43-32(34-21)36-31(42)35-29-20-39(28-11-15-38(16-12-28)23(3)41)14-10-26(29)19-37-13-4-5-25(18-37)17-24-6-8-27(33)9-7-24/h6-9,25-26,28-29H,4-5,10-20H2,1-3H3,(H2,34,35,36,42)/t25-,26-,29-/m0/s1. The largest absolute Gasteiger partial charge is 0.343 e. The molecule has 234 valence electrons. The fraction of sp³-hybridized carbons (Fsp3) is 0.625. The van der Waals surface area contributed by atoms with Gasteiger partial charge in [0.25, 0.3) is 0 Å². The minimum absolute atomic E-state index is 0.0367. The predicted molar refractivity (Wildman–Crippen MR) is 167 cm³/mol. The van der Waals surface area contributed by atoms with Gasteiger partial charge >= 0.3 is 6.03 Å². The zero-order valence-electron chi connectivity index (χ0n) is 25.6. The number of urea groups is 1. The van der Waals surface area contributed by atoms with Gasteiger partial charge in [0.05, 0.1) is 10.6 Å². The Morgan fingerprint density at radius 2 is 1.74 bits per heavy atom. The molecule has 0 spiro atoms. The average Bonchev–Trinajstić information content (AvgIpc) is 3.35. The van der Waals surface area contributed by atoms with E-state index in [1.54, 1.807) is 26.0 Å². The second-order valence-corrected chi connectivity index (χ2v) is 13.6. The number of likely N-dealkylation sites (tertiary alicyclic amines) is 3. The highest BCUT2D eigenvalue weighted by atomic mass is 32.1. The number of benzene rings is 1. The van der Waals surface area contributed by atoms with Crippen molar-refractivity contribution in [1.82, 2.24) is 25.0 Å². The predicted octanol–water partition coefficient (Wildman–Crippen LogP) is 4.57. The Bertz CT molecular complexity index is 1280. The van der Waals surface area contributed by atoms with Crippen molar-refractivity contribution < 1.29 is 18.8 Å². The van der Waals surface area contributed by atoms with Crippen LogP contribution < -0.4 is 10.6 Å². The van der Waals surface area contributed by atoms with E-state index in [9.17, 15) is 18.8 Å². The molecule has 3 amide bonds.